The zero-order chi connectivity index (χ0) is 37.4. The van der Waals surface area contributed by atoms with Crippen LogP contribution < -0.4 is 5.46 Å². The number of furan rings is 1. The first-order valence-electron chi connectivity index (χ1n) is 18.1. The third-order valence-electron chi connectivity index (χ3n) is 10.9. The second kappa shape index (κ2) is 12.5. The quantitative estimate of drug-likeness (QED) is 0.0829. The van der Waals surface area contributed by atoms with Crippen molar-refractivity contribution in [3.8, 4) is 67.5 Å². The summed E-state index contributed by atoms with van der Waals surface area (Å²) < 4.78 is 6.63. The van der Waals surface area contributed by atoms with Crippen LogP contribution in [0.25, 0.3) is 94.1 Å². The predicted molar refractivity (Wildman–Crippen MR) is 224 cm³/mol. The van der Waals surface area contributed by atoms with E-state index < -0.39 is 28.5 Å². The first-order chi connectivity index (χ1) is 26.9. The van der Waals surface area contributed by atoms with E-state index in [9.17, 15) is 20.4 Å². The van der Waals surface area contributed by atoms with E-state index in [0.29, 0.717) is 17.5 Å². The van der Waals surface area contributed by atoms with Crippen LogP contribution in [0.2, 0.25) is 0 Å². The maximum atomic E-state index is 11.2. The van der Waals surface area contributed by atoms with Crippen molar-refractivity contribution < 1.29 is 24.8 Å². The van der Waals surface area contributed by atoms with E-state index in [2.05, 4.69) is 103 Å². The Balaban J connectivity index is 1.27. The molecule has 8 aromatic carbocycles. The summed E-state index contributed by atoms with van der Waals surface area (Å²) in [7, 11) is 5.81. The smallest absolute Gasteiger partial charge is 0.168 e. The van der Waals surface area contributed by atoms with Gasteiger partial charge in [-0.1, -0.05) is 133 Å². The Bertz CT molecular complexity index is 3090. The Morgan fingerprint density at radius 3 is 1.82 bits per heavy atom. The lowest BCUT2D eigenvalue weighted by molar-refractivity contribution is 0.380. The number of phenols is 4. The van der Waals surface area contributed by atoms with Crippen molar-refractivity contribution in [2.45, 2.75) is 6.42 Å². The molecular weight excluding hydrogens is 679 g/mol. The molecule has 0 unspecified atom stereocenters. The number of rotatable bonds is 4. The molecule has 55 heavy (non-hydrogen) atoms. The van der Waals surface area contributed by atoms with Crippen LogP contribution in [-0.4, -0.2) is 28.3 Å². The minimum Gasteiger partial charge on any atom is -0.505 e. The molecule has 0 fully saturated rings. The average molecular weight is 711 g/mol. The van der Waals surface area contributed by atoms with Gasteiger partial charge in [-0.2, -0.15) is 0 Å². The number of aromatic hydroxyl groups is 4. The second-order valence-corrected chi connectivity index (χ2v) is 13.9. The number of benzene rings is 8. The molecule has 0 amide bonds. The van der Waals surface area contributed by atoms with Crippen molar-refractivity contribution in [1.29, 1.82) is 0 Å². The predicted octanol–water partition coefficient (Wildman–Crippen LogP) is 11.3. The fourth-order valence-corrected chi connectivity index (χ4v) is 8.44. The molecule has 0 atom stereocenters. The Labute approximate surface area is 317 Å². The molecule has 1 heterocycles. The molecule has 2 radical (unpaired) electrons. The highest BCUT2D eigenvalue weighted by atomic mass is 16.3. The molecule has 0 saturated heterocycles. The summed E-state index contributed by atoms with van der Waals surface area (Å²) in [5, 5.41) is 49.9. The highest BCUT2D eigenvalue weighted by molar-refractivity contribution is 6.37. The Hall–Kier alpha value is -7.18. The summed E-state index contributed by atoms with van der Waals surface area (Å²) in [5.74, 6) is -2.63. The van der Waals surface area contributed by atoms with Crippen LogP contribution in [-0.2, 0) is 6.42 Å². The van der Waals surface area contributed by atoms with E-state index in [1.807, 2.05) is 36.4 Å². The molecule has 260 valence electrons. The van der Waals surface area contributed by atoms with Gasteiger partial charge in [0.1, 0.15) is 19.0 Å². The van der Waals surface area contributed by atoms with Gasteiger partial charge in [0.25, 0.3) is 0 Å². The van der Waals surface area contributed by atoms with Gasteiger partial charge in [-0.15, -0.1) is 0 Å². The molecular formula is C49H31BO5. The molecule has 1 aromatic heterocycles. The summed E-state index contributed by atoms with van der Waals surface area (Å²) >= 11 is 0. The third-order valence-corrected chi connectivity index (χ3v) is 10.9. The van der Waals surface area contributed by atoms with Crippen LogP contribution in [0.4, 0.5) is 0 Å². The van der Waals surface area contributed by atoms with Crippen molar-refractivity contribution in [3.05, 3.63) is 157 Å². The van der Waals surface area contributed by atoms with E-state index in [4.69, 9.17) is 12.3 Å². The Morgan fingerprint density at radius 2 is 1.09 bits per heavy atom. The van der Waals surface area contributed by atoms with Crippen molar-refractivity contribution in [3.63, 3.8) is 0 Å². The summed E-state index contributed by atoms with van der Waals surface area (Å²) in [6, 6.07) is 43.1. The van der Waals surface area contributed by atoms with E-state index in [-0.39, 0.29) is 5.56 Å². The van der Waals surface area contributed by atoms with Gasteiger partial charge in [0.2, 0.25) is 0 Å². The number of phenolic OH excluding ortho intramolecular Hbond substituents is 4. The minimum atomic E-state index is -0.698. The van der Waals surface area contributed by atoms with Gasteiger partial charge in [0, 0.05) is 16.2 Å². The van der Waals surface area contributed by atoms with Crippen LogP contribution in [0, 0.1) is 0 Å². The molecule has 1 aliphatic carbocycles. The van der Waals surface area contributed by atoms with Crippen LogP contribution in [0.1, 0.15) is 11.1 Å². The topological polar surface area (TPSA) is 94.1 Å². The summed E-state index contributed by atoms with van der Waals surface area (Å²) in [6.45, 7) is 0. The number of hydrogen-bond acceptors (Lipinski definition) is 5. The third kappa shape index (κ3) is 4.88. The maximum Gasteiger partial charge on any atom is 0.168 e. The molecule has 6 heteroatoms. The second-order valence-electron chi connectivity index (χ2n) is 13.9. The molecule has 5 nitrogen and oxygen atoms in total. The zero-order valence-corrected chi connectivity index (χ0v) is 29.4. The van der Waals surface area contributed by atoms with Gasteiger partial charge in [-0.25, -0.2) is 0 Å². The average Bonchev–Trinajstić information content (AvgIpc) is 3.42. The highest BCUT2D eigenvalue weighted by Gasteiger charge is 2.27. The first-order valence-corrected chi connectivity index (χ1v) is 18.1. The molecule has 1 aliphatic rings. The fourth-order valence-electron chi connectivity index (χ4n) is 8.44. The van der Waals surface area contributed by atoms with Crippen LogP contribution in [0.15, 0.2) is 150 Å². The van der Waals surface area contributed by atoms with E-state index in [0.717, 1.165) is 82.4 Å². The van der Waals surface area contributed by atoms with Gasteiger partial charge in [-0.05, 0) is 96.3 Å². The molecule has 9 aromatic rings. The molecule has 0 aliphatic heterocycles. The van der Waals surface area contributed by atoms with Crippen molar-refractivity contribution in [1.82, 2.24) is 0 Å². The Morgan fingerprint density at radius 1 is 0.473 bits per heavy atom. The largest absolute Gasteiger partial charge is 0.505 e. The number of hydrogen-bond donors (Lipinski definition) is 4. The van der Waals surface area contributed by atoms with Crippen molar-refractivity contribution in [2.24, 2.45) is 0 Å². The summed E-state index contributed by atoms with van der Waals surface area (Å²) in [4.78, 5) is 0. The fraction of sp³-hybridized carbons (Fsp3) is 0.0204. The van der Waals surface area contributed by atoms with E-state index >= 15 is 0 Å². The Kier molecular flexibility index (Phi) is 7.36. The summed E-state index contributed by atoms with van der Waals surface area (Å²) in [5.41, 5.74) is 9.56. The molecule has 4 N–H and O–H groups in total. The van der Waals surface area contributed by atoms with Crippen molar-refractivity contribution in [2.75, 3.05) is 0 Å². The number of fused-ring (bicyclic) bond motifs is 7. The van der Waals surface area contributed by atoms with Crippen LogP contribution in [0.3, 0.4) is 0 Å². The van der Waals surface area contributed by atoms with Gasteiger partial charge < -0.3 is 24.8 Å². The lowest BCUT2D eigenvalue weighted by Crippen LogP contribution is -2.05. The first kappa shape index (κ1) is 32.5. The van der Waals surface area contributed by atoms with Gasteiger partial charge in [-0.3, -0.25) is 0 Å². The van der Waals surface area contributed by atoms with Crippen molar-refractivity contribution >= 4 is 62.9 Å². The minimum absolute atomic E-state index is 0.110. The molecule has 10 rings (SSSR count). The monoisotopic (exact) mass is 710 g/mol. The maximum absolute atomic E-state index is 11.2. The highest BCUT2D eigenvalue weighted by Crippen LogP contribution is 2.52. The van der Waals surface area contributed by atoms with Crippen LogP contribution >= 0.6 is 0 Å². The lowest BCUT2D eigenvalue weighted by Gasteiger charge is -2.23. The van der Waals surface area contributed by atoms with Crippen LogP contribution in [0.5, 0.6) is 23.0 Å². The number of allylic oxidation sites excluding steroid dienone is 3. The molecule has 0 spiro atoms. The normalized spacial score (nSPS) is 12.5. The van der Waals surface area contributed by atoms with Gasteiger partial charge in [0.15, 0.2) is 23.0 Å². The van der Waals surface area contributed by atoms with Gasteiger partial charge in [0.05, 0.1) is 5.56 Å². The summed E-state index contributed by atoms with van der Waals surface area (Å²) in [6.07, 6.45) is 8.95. The van der Waals surface area contributed by atoms with E-state index in [1.165, 1.54) is 0 Å². The molecule has 0 saturated carbocycles. The standard InChI is InChI=1S/C49H31BO5/c50-44-47(53)45(51)43(46(52)48(44)54)35-21-11-10-20-34(35)42-32-17-6-2-5-16-30(32)41(31-18-8-9-19-33(31)42)28-23-24-40-38(25-28)39-26-37(27-13-3-1-4-14-27)29-15-7-12-22-36(29)49(39)55-40/h1-16,18-26,51-54H,17H2. The van der Waals surface area contributed by atoms with Gasteiger partial charge >= 0.3 is 0 Å². The lowest BCUT2D eigenvalue weighted by atomic mass is 9.80. The van der Waals surface area contributed by atoms with E-state index in [1.54, 1.807) is 12.1 Å². The SMILES string of the molecule is [B]c1c(O)c(O)c(-c2ccccc2-c2c3c(c(-c4ccc5oc6c7ccccc7c(-c7ccccc7)cc6c5c4)c4ccccc24)C=CC=CC3)c(O)c1O. The zero-order valence-electron chi connectivity index (χ0n) is 29.4. The molecule has 0 bridgehead atoms.